The number of pyridine rings is 1. The minimum atomic E-state index is -4.42. The van der Waals surface area contributed by atoms with Crippen LogP contribution < -0.4 is 10.2 Å². The van der Waals surface area contributed by atoms with Crippen LogP contribution in [0.15, 0.2) is 12.3 Å². The molecule has 1 aliphatic heterocycles. The first-order valence-corrected chi connectivity index (χ1v) is 6.51. The topological polar surface area (TPSA) is 28.2 Å². The summed E-state index contributed by atoms with van der Waals surface area (Å²) in [7, 11) is 0. The lowest BCUT2D eigenvalue weighted by atomic mass is 10.2. The number of halogens is 4. The summed E-state index contributed by atoms with van der Waals surface area (Å²) in [6, 6.07) is 1.17. The van der Waals surface area contributed by atoms with E-state index >= 15 is 0 Å². The highest BCUT2D eigenvalue weighted by molar-refractivity contribution is 6.33. The van der Waals surface area contributed by atoms with E-state index in [1.807, 2.05) is 11.8 Å². The second-order valence-electron chi connectivity index (χ2n) is 4.46. The maximum Gasteiger partial charge on any atom is 0.417 e. The smallest absolute Gasteiger partial charge is 0.351 e. The molecule has 19 heavy (non-hydrogen) atoms. The fraction of sp³-hybridized carbons (Fsp3) is 0.583. The zero-order valence-electron chi connectivity index (χ0n) is 10.5. The van der Waals surface area contributed by atoms with Gasteiger partial charge in [-0.05, 0) is 26.0 Å². The van der Waals surface area contributed by atoms with Gasteiger partial charge in [-0.2, -0.15) is 13.2 Å². The quantitative estimate of drug-likeness (QED) is 0.929. The van der Waals surface area contributed by atoms with E-state index in [1.165, 1.54) is 0 Å². The molecule has 1 saturated heterocycles. The minimum Gasteiger partial charge on any atom is -0.351 e. The lowest BCUT2D eigenvalue weighted by Gasteiger charge is -2.29. The molecular weight excluding hydrogens is 279 g/mol. The Morgan fingerprint density at radius 1 is 1.53 bits per heavy atom. The molecule has 1 fully saturated rings. The lowest BCUT2D eigenvalue weighted by molar-refractivity contribution is -0.137. The van der Waals surface area contributed by atoms with Gasteiger partial charge >= 0.3 is 6.18 Å². The standard InChI is InChI=1S/C12H15ClF3N3/c1-2-19(9-3-4-17-7-9)11-10(13)5-8(6-18-11)12(14,15)16/h5-6,9,17H,2-4,7H2,1H3. The van der Waals surface area contributed by atoms with E-state index in [-0.39, 0.29) is 11.1 Å². The monoisotopic (exact) mass is 293 g/mol. The van der Waals surface area contributed by atoms with E-state index in [9.17, 15) is 13.2 Å². The summed E-state index contributed by atoms with van der Waals surface area (Å²) in [5.41, 5.74) is -0.818. The van der Waals surface area contributed by atoms with Crippen molar-refractivity contribution in [2.24, 2.45) is 0 Å². The Bertz CT molecular complexity index is 444. The molecule has 3 nitrogen and oxygen atoms in total. The van der Waals surface area contributed by atoms with Gasteiger partial charge in [-0.1, -0.05) is 11.6 Å². The number of hydrogen-bond donors (Lipinski definition) is 1. The van der Waals surface area contributed by atoms with Crippen molar-refractivity contribution < 1.29 is 13.2 Å². The predicted octanol–water partition coefficient (Wildman–Crippen LogP) is 2.94. The van der Waals surface area contributed by atoms with Crippen LogP contribution in [0, 0.1) is 0 Å². The van der Waals surface area contributed by atoms with E-state index < -0.39 is 11.7 Å². The Morgan fingerprint density at radius 2 is 2.26 bits per heavy atom. The number of likely N-dealkylation sites (N-methyl/N-ethyl adjacent to an activating group) is 1. The SMILES string of the molecule is CCN(c1ncc(C(F)(F)F)cc1Cl)C1CCNC1. The van der Waals surface area contributed by atoms with Crippen LogP contribution in [0.25, 0.3) is 0 Å². The molecule has 1 aromatic heterocycles. The third-order valence-electron chi connectivity index (χ3n) is 3.24. The van der Waals surface area contributed by atoms with Gasteiger partial charge < -0.3 is 10.2 Å². The number of aromatic nitrogens is 1. The van der Waals surface area contributed by atoms with Gasteiger partial charge in [-0.3, -0.25) is 0 Å². The Morgan fingerprint density at radius 3 is 2.74 bits per heavy atom. The van der Waals surface area contributed by atoms with Crippen LogP contribution in [-0.4, -0.2) is 30.7 Å². The summed E-state index contributed by atoms with van der Waals surface area (Å²) in [5, 5.41) is 3.26. The highest BCUT2D eigenvalue weighted by Gasteiger charge is 2.32. The van der Waals surface area contributed by atoms with E-state index in [4.69, 9.17) is 11.6 Å². The second-order valence-corrected chi connectivity index (χ2v) is 4.87. The van der Waals surface area contributed by atoms with Gasteiger partial charge in [0, 0.05) is 25.3 Å². The maximum atomic E-state index is 12.6. The second kappa shape index (κ2) is 5.54. The Labute approximate surface area is 114 Å². The summed E-state index contributed by atoms with van der Waals surface area (Å²) in [4.78, 5) is 5.85. The van der Waals surface area contributed by atoms with Crippen molar-refractivity contribution in [2.75, 3.05) is 24.5 Å². The largest absolute Gasteiger partial charge is 0.417 e. The normalized spacial score (nSPS) is 19.7. The highest BCUT2D eigenvalue weighted by atomic mass is 35.5. The van der Waals surface area contributed by atoms with Crippen LogP contribution in [0.1, 0.15) is 18.9 Å². The average Bonchev–Trinajstić information content (AvgIpc) is 2.84. The molecule has 0 bridgehead atoms. The molecule has 2 rings (SSSR count). The van der Waals surface area contributed by atoms with Crippen LogP contribution >= 0.6 is 11.6 Å². The maximum absolute atomic E-state index is 12.6. The summed E-state index contributed by atoms with van der Waals surface area (Å²) >= 11 is 5.96. The molecule has 106 valence electrons. The van der Waals surface area contributed by atoms with Crippen molar-refractivity contribution in [1.82, 2.24) is 10.3 Å². The van der Waals surface area contributed by atoms with Crippen molar-refractivity contribution in [3.63, 3.8) is 0 Å². The Hall–Kier alpha value is -1.01. The fourth-order valence-corrected chi connectivity index (χ4v) is 2.56. The number of anilines is 1. The predicted molar refractivity (Wildman–Crippen MR) is 68.5 cm³/mol. The molecule has 0 amide bonds. The number of nitrogens with one attached hydrogen (secondary N) is 1. The number of hydrogen-bond acceptors (Lipinski definition) is 3. The zero-order chi connectivity index (χ0) is 14.0. The molecule has 0 aliphatic carbocycles. The van der Waals surface area contributed by atoms with Gasteiger partial charge in [-0.25, -0.2) is 4.98 Å². The van der Waals surface area contributed by atoms with Gasteiger partial charge in [0.2, 0.25) is 0 Å². The molecule has 0 spiro atoms. The van der Waals surface area contributed by atoms with Crippen molar-refractivity contribution >= 4 is 17.4 Å². The molecule has 2 heterocycles. The van der Waals surface area contributed by atoms with E-state index in [1.54, 1.807) is 0 Å². The van der Waals surface area contributed by atoms with Crippen LogP contribution in [0.5, 0.6) is 0 Å². The van der Waals surface area contributed by atoms with Gasteiger partial charge in [-0.15, -0.1) is 0 Å². The van der Waals surface area contributed by atoms with Crippen molar-refractivity contribution in [1.29, 1.82) is 0 Å². The third-order valence-corrected chi connectivity index (χ3v) is 3.52. The lowest BCUT2D eigenvalue weighted by Crippen LogP contribution is -2.37. The van der Waals surface area contributed by atoms with Gasteiger partial charge in [0.15, 0.2) is 0 Å². The number of rotatable bonds is 3. The van der Waals surface area contributed by atoms with Crippen LogP contribution in [0.2, 0.25) is 5.02 Å². The van der Waals surface area contributed by atoms with E-state index in [0.29, 0.717) is 12.4 Å². The number of nitrogens with zero attached hydrogens (tertiary/aromatic N) is 2. The van der Waals surface area contributed by atoms with Crippen LogP contribution in [0.3, 0.4) is 0 Å². The summed E-state index contributed by atoms with van der Waals surface area (Å²) in [6.07, 6.45) is -2.64. The molecule has 1 atom stereocenters. The first kappa shape index (κ1) is 14.4. The molecule has 0 aromatic carbocycles. The van der Waals surface area contributed by atoms with Gasteiger partial charge in [0.05, 0.1) is 10.6 Å². The van der Waals surface area contributed by atoms with Crippen LogP contribution in [-0.2, 0) is 6.18 Å². The van der Waals surface area contributed by atoms with Gasteiger partial charge in [0.1, 0.15) is 5.82 Å². The summed E-state index contributed by atoms with van der Waals surface area (Å²) in [6.45, 7) is 4.30. The van der Waals surface area contributed by atoms with E-state index in [2.05, 4.69) is 10.3 Å². The van der Waals surface area contributed by atoms with Crippen molar-refractivity contribution in [3.05, 3.63) is 22.8 Å². The highest BCUT2D eigenvalue weighted by Crippen LogP contribution is 2.34. The molecule has 1 aliphatic rings. The first-order valence-electron chi connectivity index (χ1n) is 6.13. The molecule has 1 aromatic rings. The van der Waals surface area contributed by atoms with Gasteiger partial charge in [0.25, 0.3) is 0 Å². The summed E-state index contributed by atoms with van der Waals surface area (Å²) in [5.74, 6) is 0.422. The van der Waals surface area contributed by atoms with E-state index in [0.717, 1.165) is 31.8 Å². The summed E-state index contributed by atoms with van der Waals surface area (Å²) < 4.78 is 37.7. The zero-order valence-corrected chi connectivity index (χ0v) is 11.2. The average molecular weight is 294 g/mol. The molecule has 7 heteroatoms. The molecule has 0 radical (unpaired) electrons. The Balaban J connectivity index is 2.28. The third kappa shape index (κ3) is 3.12. The minimum absolute atomic E-state index is 0.0450. The molecule has 1 N–H and O–H groups in total. The van der Waals surface area contributed by atoms with Crippen molar-refractivity contribution in [2.45, 2.75) is 25.6 Å². The van der Waals surface area contributed by atoms with Crippen LogP contribution in [0.4, 0.5) is 19.0 Å². The Kier molecular flexibility index (Phi) is 4.20. The molecular formula is C12H15ClF3N3. The fourth-order valence-electron chi connectivity index (χ4n) is 2.28. The van der Waals surface area contributed by atoms with Crippen molar-refractivity contribution in [3.8, 4) is 0 Å². The molecule has 0 saturated carbocycles. The number of alkyl halides is 3. The molecule has 1 unspecified atom stereocenters. The first-order chi connectivity index (χ1) is 8.93.